The number of aromatic amines is 1. The number of carbonyl (C=O) groups excluding carboxylic acids is 1. The molecule has 0 aliphatic rings. The Balaban J connectivity index is 2.33. The second kappa shape index (κ2) is 3.46. The maximum atomic E-state index is 11.7. The van der Waals surface area contributed by atoms with Crippen LogP contribution in [0.4, 0.5) is 0 Å². The number of hydrogen-bond acceptors (Lipinski definition) is 2. The highest BCUT2D eigenvalue weighted by atomic mass is 16.1. The van der Waals surface area contributed by atoms with E-state index in [9.17, 15) is 4.79 Å². The first-order valence-corrected chi connectivity index (χ1v) is 4.38. The van der Waals surface area contributed by atoms with E-state index in [0.717, 1.165) is 5.69 Å². The second-order valence-electron chi connectivity index (χ2n) is 3.10. The number of H-pyrrole nitrogens is 1. The van der Waals surface area contributed by atoms with Gasteiger partial charge in [-0.2, -0.15) is 0 Å². The molecule has 3 nitrogen and oxygen atoms in total. The van der Waals surface area contributed by atoms with Crippen molar-refractivity contribution < 1.29 is 4.79 Å². The fraction of sp³-hybridized carbons (Fsp3) is 0.0909. The molecule has 0 bridgehead atoms. The molecule has 0 fully saturated rings. The molecule has 2 rings (SSSR count). The molecule has 2 heterocycles. The smallest absolute Gasteiger partial charge is 0.210 e. The first kappa shape index (κ1) is 8.69. The van der Waals surface area contributed by atoms with Crippen molar-refractivity contribution in [2.45, 2.75) is 6.92 Å². The lowest BCUT2D eigenvalue weighted by Gasteiger charge is -1.97. The maximum absolute atomic E-state index is 11.7. The lowest BCUT2D eigenvalue weighted by Crippen LogP contribution is -2.02. The highest BCUT2D eigenvalue weighted by Crippen LogP contribution is 2.06. The van der Waals surface area contributed by atoms with E-state index in [4.69, 9.17) is 0 Å². The zero-order valence-electron chi connectivity index (χ0n) is 7.82. The molecular formula is C11H10N2O. The summed E-state index contributed by atoms with van der Waals surface area (Å²) in [6.45, 7) is 1.89. The minimum absolute atomic E-state index is 0.0255. The average molecular weight is 186 g/mol. The Morgan fingerprint density at radius 2 is 2.21 bits per heavy atom. The molecular weight excluding hydrogens is 176 g/mol. The van der Waals surface area contributed by atoms with Gasteiger partial charge in [0.25, 0.3) is 0 Å². The average Bonchev–Trinajstić information content (AvgIpc) is 2.71. The van der Waals surface area contributed by atoms with Crippen molar-refractivity contribution in [3.8, 4) is 0 Å². The van der Waals surface area contributed by atoms with Gasteiger partial charge in [0.15, 0.2) is 0 Å². The van der Waals surface area contributed by atoms with E-state index in [1.807, 2.05) is 13.0 Å². The summed E-state index contributed by atoms with van der Waals surface area (Å²) < 4.78 is 0. The van der Waals surface area contributed by atoms with Crippen molar-refractivity contribution in [2.24, 2.45) is 0 Å². The Hall–Kier alpha value is -1.90. The van der Waals surface area contributed by atoms with Gasteiger partial charge in [-0.05, 0) is 31.2 Å². The highest BCUT2D eigenvalue weighted by Gasteiger charge is 2.08. The van der Waals surface area contributed by atoms with Gasteiger partial charge in [0.05, 0.1) is 5.69 Å². The van der Waals surface area contributed by atoms with Gasteiger partial charge >= 0.3 is 0 Å². The number of carbonyl (C=O) groups is 1. The molecule has 0 amide bonds. The molecule has 1 N–H and O–H groups in total. The van der Waals surface area contributed by atoms with Crippen LogP contribution in [-0.2, 0) is 0 Å². The fourth-order valence-electron chi connectivity index (χ4n) is 1.23. The Labute approximate surface area is 81.8 Å². The minimum Gasteiger partial charge on any atom is -0.359 e. The van der Waals surface area contributed by atoms with Gasteiger partial charge in [-0.3, -0.25) is 9.78 Å². The Kier molecular flexibility index (Phi) is 2.14. The number of aromatic nitrogens is 2. The van der Waals surface area contributed by atoms with Gasteiger partial charge in [-0.1, -0.05) is 0 Å². The molecule has 0 unspecified atom stereocenters. The summed E-state index contributed by atoms with van der Waals surface area (Å²) in [5, 5.41) is 0. The van der Waals surface area contributed by atoms with Crippen LogP contribution in [0, 0.1) is 6.92 Å². The van der Waals surface area contributed by atoms with Gasteiger partial charge in [-0.25, -0.2) is 0 Å². The predicted molar refractivity (Wildman–Crippen MR) is 53.2 cm³/mol. The van der Waals surface area contributed by atoms with Crippen LogP contribution in [0.5, 0.6) is 0 Å². The number of hydrogen-bond donors (Lipinski definition) is 1. The molecule has 3 heteroatoms. The van der Waals surface area contributed by atoms with E-state index >= 15 is 0 Å². The Morgan fingerprint density at radius 1 is 1.36 bits per heavy atom. The number of nitrogens with zero attached hydrogens (tertiary/aromatic N) is 1. The van der Waals surface area contributed by atoms with E-state index in [2.05, 4.69) is 9.97 Å². The number of rotatable bonds is 2. The summed E-state index contributed by atoms with van der Waals surface area (Å²) in [6, 6.07) is 7.17. The number of nitrogens with one attached hydrogen (secondary N) is 1. The standard InChI is InChI=1S/C11H10N2O/c1-8-4-5-9(7-13-8)11(14)10-3-2-6-12-10/h2-7,12H,1H3. The number of aryl methyl sites for hydroxylation is 1. The molecule has 0 atom stereocenters. The van der Waals surface area contributed by atoms with Crippen LogP contribution in [0.2, 0.25) is 0 Å². The lowest BCUT2D eigenvalue weighted by atomic mass is 10.1. The maximum Gasteiger partial charge on any atom is 0.210 e. The zero-order chi connectivity index (χ0) is 9.97. The molecule has 14 heavy (non-hydrogen) atoms. The summed E-state index contributed by atoms with van der Waals surface area (Å²) >= 11 is 0. The minimum atomic E-state index is -0.0255. The molecule has 0 aliphatic carbocycles. The van der Waals surface area contributed by atoms with Gasteiger partial charge in [-0.15, -0.1) is 0 Å². The lowest BCUT2D eigenvalue weighted by molar-refractivity contribution is 0.103. The van der Waals surface area contributed by atoms with Crippen LogP contribution in [0.25, 0.3) is 0 Å². The molecule has 0 saturated heterocycles. The fourth-order valence-corrected chi connectivity index (χ4v) is 1.23. The first-order valence-electron chi connectivity index (χ1n) is 4.38. The third-order valence-electron chi connectivity index (χ3n) is 2.02. The van der Waals surface area contributed by atoms with E-state index in [-0.39, 0.29) is 5.78 Å². The van der Waals surface area contributed by atoms with Crippen molar-refractivity contribution in [1.82, 2.24) is 9.97 Å². The SMILES string of the molecule is Cc1ccc(C(=O)c2ccc[nH]2)cn1. The highest BCUT2D eigenvalue weighted by molar-refractivity contribution is 6.07. The van der Waals surface area contributed by atoms with Crippen molar-refractivity contribution >= 4 is 5.78 Å². The quantitative estimate of drug-likeness (QED) is 0.728. The van der Waals surface area contributed by atoms with E-state index in [1.54, 1.807) is 30.6 Å². The normalized spacial score (nSPS) is 10.1. The molecule has 2 aromatic heterocycles. The molecule has 0 saturated carbocycles. The summed E-state index contributed by atoms with van der Waals surface area (Å²) in [4.78, 5) is 18.7. The van der Waals surface area contributed by atoms with E-state index in [1.165, 1.54) is 0 Å². The molecule has 70 valence electrons. The topological polar surface area (TPSA) is 45.8 Å². The summed E-state index contributed by atoms with van der Waals surface area (Å²) in [7, 11) is 0. The van der Waals surface area contributed by atoms with Gasteiger partial charge in [0.1, 0.15) is 0 Å². The van der Waals surface area contributed by atoms with E-state index < -0.39 is 0 Å². The molecule has 2 aromatic rings. The molecule has 0 aliphatic heterocycles. The van der Waals surface area contributed by atoms with Crippen LogP contribution >= 0.6 is 0 Å². The number of ketones is 1. The first-order chi connectivity index (χ1) is 6.77. The van der Waals surface area contributed by atoms with Crippen LogP contribution in [0.15, 0.2) is 36.7 Å². The second-order valence-corrected chi connectivity index (χ2v) is 3.10. The predicted octanol–water partition coefficient (Wildman–Crippen LogP) is 1.95. The number of pyridine rings is 1. The van der Waals surface area contributed by atoms with Crippen LogP contribution < -0.4 is 0 Å². The summed E-state index contributed by atoms with van der Waals surface area (Å²) in [5.74, 6) is -0.0255. The van der Waals surface area contributed by atoms with Gasteiger partial charge in [0, 0.05) is 23.7 Å². The largest absolute Gasteiger partial charge is 0.359 e. The van der Waals surface area contributed by atoms with Gasteiger partial charge in [0.2, 0.25) is 5.78 Å². The van der Waals surface area contributed by atoms with Crippen LogP contribution in [-0.4, -0.2) is 15.8 Å². The van der Waals surface area contributed by atoms with Crippen molar-refractivity contribution in [3.63, 3.8) is 0 Å². The van der Waals surface area contributed by atoms with E-state index in [0.29, 0.717) is 11.3 Å². The molecule has 0 aromatic carbocycles. The summed E-state index contributed by atoms with van der Waals surface area (Å²) in [6.07, 6.45) is 3.33. The van der Waals surface area contributed by atoms with Crippen molar-refractivity contribution in [2.75, 3.05) is 0 Å². The van der Waals surface area contributed by atoms with Gasteiger partial charge < -0.3 is 4.98 Å². The van der Waals surface area contributed by atoms with Crippen LogP contribution in [0.1, 0.15) is 21.7 Å². The zero-order valence-corrected chi connectivity index (χ0v) is 7.82. The van der Waals surface area contributed by atoms with Crippen molar-refractivity contribution in [1.29, 1.82) is 0 Å². The third-order valence-corrected chi connectivity index (χ3v) is 2.02. The van der Waals surface area contributed by atoms with Crippen molar-refractivity contribution in [3.05, 3.63) is 53.6 Å². The summed E-state index contributed by atoms with van der Waals surface area (Å²) in [5.41, 5.74) is 2.11. The van der Waals surface area contributed by atoms with Crippen LogP contribution in [0.3, 0.4) is 0 Å². The Morgan fingerprint density at radius 3 is 2.79 bits per heavy atom. The molecule has 0 spiro atoms. The third kappa shape index (κ3) is 1.57. The monoisotopic (exact) mass is 186 g/mol. The Bertz CT molecular complexity index is 429. The molecule has 0 radical (unpaired) electrons.